The summed E-state index contributed by atoms with van der Waals surface area (Å²) in [5.41, 5.74) is 1.45. The highest BCUT2D eigenvalue weighted by atomic mass is 79.9. The van der Waals surface area contributed by atoms with Gasteiger partial charge in [0, 0.05) is 6.20 Å². The van der Waals surface area contributed by atoms with Crippen molar-refractivity contribution < 1.29 is 9.13 Å². The van der Waals surface area contributed by atoms with Crippen LogP contribution in [0.5, 0.6) is 11.6 Å². The maximum Gasteiger partial charge on any atom is 0.241 e. The quantitative estimate of drug-likeness (QED) is 0.846. The van der Waals surface area contributed by atoms with E-state index in [1.807, 2.05) is 6.92 Å². The zero-order valence-corrected chi connectivity index (χ0v) is 11.0. The minimum atomic E-state index is -0.323. The minimum absolute atomic E-state index is 0.323. The average molecular weight is 297 g/mol. The van der Waals surface area contributed by atoms with E-state index < -0.39 is 0 Å². The Morgan fingerprint density at radius 2 is 2.06 bits per heavy atom. The Hall–Kier alpha value is -1.49. The summed E-state index contributed by atoms with van der Waals surface area (Å²) in [5.74, 6) is 0.614. The molecule has 0 aliphatic rings. The number of benzene rings is 1. The van der Waals surface area contributed by atoms with E-state index in [0.717, 1.165) is 5.69 Å². The number of nitrogens with zero attached hydrogens (tertiary/aromatic N) is 2. The van der Waals surface area contributed by atoms with Crippen molar-refractivity contribution in [2.24, 2.45) is 0 Å². The van der Waals surface area contributed by atoms with Crippen LogP contribution < -0.4 is 4.74 Å². The van der Waals surface area contributed by atoms with E-state index >= 15 is 0 Å². The summed E-state index contributed by atoms with van der Waals surface area (Å²) in [4.78, 5) is 8.38. The van der Waals surface area contributed by atoms with E-state index in [1.165, 1.54) is 12.1 Å². The van der Waals surface area contributed by atoms with Crippen LogP contribution >= 0.6 is 15.9 Å². The SMILES string of the molecule is Cc1cnc(C)c(Oc2ccc(F)cc2Br)n1. The van der Waals surface area contributed by atoms with Gasteiger partial charge in [-0.2, -0.15) is 0 Å². The number of rotatable bonds is 2. The summed E-state index contributed by atoms with van der Waals surface area (Å²) >= 11 is 3.23. The molecule has 0 bridgehead atoms. The Labute approximate surface area is 107 Å². The molecule has 1 aromatic carbocycles. The standard InChI is InChI=1S/C12H10BrFN2O/c1-7-6-15-8(2)12(16-7)17-11-4-3-9(14)5-10(11)13/h3-6H,1-2H3. The molecule has 1 aromatic heterocycles. The van der Waals surface area contributed by atoms with Crippen LogP contribution in [-0.2, 0) is 0 Å². The number of aromatic nitrogens is 2. The first-order valence-electron chi connectivity index (χ1n) is 4.99. The second-order valence-electron chi connectivity index (χ2n) is 3.58. The molecule has 0 aliphatic heterocycles. The topological polar surface area (TPSA) is 35.0 Å². The monoisotopic (exact) mass is 296 g/mol. The Balaban J connectivity index is 2.34. The van der Waals surface area contributed by atoms with Crippen LogP contribution in [0.15, 0.2) is 28.9 Å². The maximum atomic E-state index is 12.9. The van der Waals surface area contributed by atoms with Crippen molar-refractivity contribution >= 4 is 15.9 Å². The van der Waals surface area contributed by atoms with Gasteiger partial charge >= 0.3 is 0 Å². The lowest BCUT2D eigenvalue weighted by Gasteiger charge is -2.09. The first kappa shape index (κ1) is 12.0. The van der Waals surface area contributed by atoms with Gasteiger partial charge in [0.05, 0.1) is 15.9 Å². The number of ether oxygens (including phenoxy) is 1. The predicted molar refractivity (Wildman–Crippen MR) is 65.7 cm³/mol. The smallest absolute Gasteiger partial charge is 0.241 e. The minimum Gasteiger partial charge on any atom is -0.436 e. The largest absolute Gasteiger partial charge is 0.436 e. The molecule has 0 atom stereocenters. The molecule has 1 heterocycles. The molecular formula is C12H10BrFN2O. The summed E-state index contributed by atoms with van der Waals surface area (Å²) in [6.45, 7) is 3.64. The van der Waals surface area contributed by atoms with Gasteiger partial charge in [0.1, 0.15) is 11.6 Å². The van der Waals surface area contributed by atoms with E-state index in [0.29, 0.717) is 21.8 Å². The molecule has 0 saturated heterocycles. The first-order chi connectivity index (χ1) is 8.06. The normalized spacial score (nSPS) is 10.4. The van der Waals surface area contributed by atoms with Crippen molar-refractivity contribution in [1.29, 1.82) is 0 Å². The molecular weight excluding hydrogens is 287 g/mol. The van der Waals surface area contributed by atoms with Gasteiger partial charge in [-0.3, -0.25) is 4.98 Å². The predicted octanol–water partition coefficient (Wildman–Crippen LogP) is 3.79. The van der Waals surface area contributed by atoms with Gasteiger partial charge in [0.15, 0.2) is 0 Å². The third kappa shape index (κ3) is 2.79. The molecule has 17 heavy (non-hydrogen) atoms. The molecule has 0 radical (unpaired) electrons. The highest BCUT2D eigenvalue weighted by Crippen LogP contribution is 2.30. The van der Waals surface area contributed by atoms with Crippen LogP contribution in [0.4, 0.5) is 4.39 Å². The fraction of sp³-hybridized carbons (Fsp3) is 0.167. The molecule has 5 heteroatoms. The second kappa shape index (κ2) is 4.79. The van der Waals surface area contributed by atoms with Crippen molar-refractivity contribution in [1.82, 2.24) is 9.97 Å². The summed E-state index contributed by atoms with van der Waals surface area (Å²) in [6.07, 6.45) is 1.67. The van der Waals surface area contributed by atoms with E-state index in [-0.39, 0.29) is 5.82 Å². The van der Waals surface area contributed by atoms with Gasteiger partial charge in [-0.15, -0.1) is 0 Å². The van der Waals surface area contributed by atoms with Crippen LogP contribution in [-0.4, -0.2) is 9.97 Å². The second-order valence-corrected chi connectivity index (χ2v) is 4.43. The van der Waals surface area contributed by atoms with E-state index in [1.54, 1.807) is 19.2 Å². The summed E-state index contributed by atoms with van der Waals surface area (Å²) in [5, 5.41) is 0. The molecule has 3 nitrogen and oxygen atoms in total. The zero-order chi connectivity index (χ0) is 12.4. The van der Waals surface area contributed by atoms with Gasteiger partial charge in [-0.25, -0.2) is 9.37 Å². The van der Waals surface area contributed by atoms with E-state index in [9.17, 15) is 4.39 Å². The van der Waals surface area contributed by atoms with Gasteiger partial charge in [-0.05, 0) is 48.0 Å². The van der Waals surface area contributed by atoms with Crippen molar-refractivity contribution in [3.05, 3.63) is 46.1 Å². The van der Waals surface area contributed by atoms with Crippen LogP contribution in [0.3, 0.4) is 0 Å². The van der Waals surface area contributed by atoms with Gasteiger partial charge in [-0.1, -0.05) is 0 Å². The Bertz CT molecular complexity index is 560. The Kier molecular flexibility index (Phi) is 3.38. The molecule has 0 spiro atoms. The summed E-state index contributed by atoms with van der Waals surface area (Å²) < 4.78 is 19.0. The Morgan fingerprint density at radius 1 is 1.29 bits per heavy atom. The first-order valence-corrected chi connectivity index (χ1v) is 5.78. The third-order valence-corrected chi connectivity index (χ3v) is 2.75. The van der Waals surface area contributed by atoms with Crippen molar-refractivity contribution in [3.63, 3.8) is 0 Å². The highest BCUT2D eigenvalue weighted by molar-refractivity contribution is 9.10. The third-order valence-electron chi connectivity index (χ3n) is 2.13. The molecule has 0 saturated carbocycles. The number of hydrogen-bond donors (Lipinski definition) is 0. The number of halogens is 2. The molecule has 0 amide bonds. The van der Waals surface area contributed by atoms with Crippen LogP contribution in [0.1, 0.15) is 11.4 Å². The lowest BCUT2D eigenvalue weighted by molar-refractivity contribution is 0.449. The molecule has 88 valence electrons. The van der Waals surface area contributed by atoms with E-state index in [4.69, 9.17) is 4.74 Å². The summed E-state index contributed by atoms with van der Waals surface area (Å²) in [6, 6.07) is 4.22. The van der Waals surface area contributed by atoms with Crippen molar-refractivity contribution in [3.8, 4) is 11.6 Å². The molecule has 0 unspecified atom stereocenters. The van der Waals surface area contributed by atoms with Crippen molar-refractivity contribution in [2.75, 3.05) is 0 Å². The lowest BCUT2D eigenvalue weighted by atomic mass is 10.3. The van der Waals surface area contributed by atoms with E-state index in [2.05, 4.69) is 25.9 Å². The van der Waals surface area contributed by atoms with Crippen LogP contribution in [0.25, 0.3) is 0 Å². The van der Waals surface area contributed by atoms with Gasteiger partial charge in [0.25, 0.3) is 0 Å². The van der Waals surface area contributed by atoms with Crippen LogP contribution in [0.2, 0.25) is 0 Å². The molecule has 2 rings (SSSR count). The molecule has 0 aliphatic carbocycles. The summed E-state index contributed by atoms with van der Waals surface area (Å²) in [7, 11) is 0. The van der Waals surface area contributed by atoms with Crippen LogP contribution in [0, 0.1) is 19.7 Å². The number of aryl methyl sites for hydroxylation is 2. The fourth-order valence-electron chi connectivity index (χ4n) is 1.27. The molecule has 0 fully saturated rings. The van der Waals surface area contributed by atoms with Gasteiger partial charge in [0.2, 0.25) is 5.88 Å². The lowest BCUT2D eigenvalue weighted by Crippen LogP contribution is -1.96. The zero-order valence-electron chi connectivity index (χ0n) is 9.37. The highest BCUT2D eigenvalue weighted by Gasteiger charge is 2.08. The molecule has 2 aromatic rings. The maximum absolute atomic E-state index is 12.9. The average Bonchev–Trinajstić information content (AvgIpc) is 2.27. The van der Waals surface area contributed by atoms with Crippen molar-refractivity contribution in [2.45, 2.75) is 13.8 Å². The fourth-order valence-corrected chi connectivity index (χ4v) is 1.71. The molecule has 0 N–H and O–H groups in total. The Morgan fingerprint density at radius 3 is 2.76 bits per heavy atom. The number of hydrogen-bond acceptors (Lipinski definition) is 3. The van der Waals surface area contributed by atoms with Gasteiger partial charge < -0.3 is 4.74 Å².